The maximum Gasteiger partial charge on any atom is 0.267 e. The normalized spacial score (nSPS) is 14.2. The van der Waals surface area contributed by atoms with Gasteiger partial charge in [-0.25, -0.2) is 13.4 Å². The number of carbonyl (C=O) groups excluding carboxylic acids is 1. The number of rotatable bonds is 6. The number of carbonyl (C=O) groups is 1. The lowest BCUT2D eigenvalue weighted by molar-refractivity contribution is 0.0946. The zero-order valence-corrected chi connectivity index (χ0v) is 18.7. The van der Waals surface area contributed by atoms with Crippen molar-refractivity contribution in [1.29, 1.82) is 0 Å². The van der Waals surface area contributed by atoms with E-state index in [0.717, 1.165) is 47.5 Å². The van der Waals surface area contributed by atoms with Gasteiger partial charge in [0.25, 0.3) is 5.91 Å². The van der Waals surface area contributed by atoms with Crippen molar-refractivity contribution >= 4 is 43.1 Å². The molecule has 1 aromatic carbocycles. The third kappa shape index (κ3) is 3.98. The Balaban J connectivity index is 1.25. The van der Waals surface area contributed by atoms with Crippen molar-refractivity contribution in [3.05, 3.63) is 66.2 Å². The molecule has 0 radical (unpaired) electrons. The smallest absolute Gasteiger partial charge is 0.267 e. The number of thiazole rings is 1. The lowest BCUT2D eigenvalue weighted by atomic mass is 10.2. The molecular formula is C22H21N5O3S2. The Morgan fingerprint density at radius 3 is 2.66 bits per heavy atom. The summed E-state index contributed by atoms with van der Waals surface area (Å²) in [4.78, 5) is 26.2. The molecule has 0 bridgehead atoms. The fraction of sp³-hybridized carbons (Fsp3) is 0.227. The van der Waals surface area contributed by atoms with Crippen LogP contribution in [0, 0.1) is 0 Å². The number of hydrogen-bond acceptors (Lipinski definition) is 7. The number of nitrogens with zero attached hydrogens (tertiary/aromatic N) is 3. The molecule has 0 aliphatic carbocycles. The van der Waals surface area contributed by atoms with E-state index in [-0.39, 0.29) is 21.6 Å². The molecule has 1 amide bonds. The van der Waals surface area contributed by atoms with Gasteiger partial charge in [-0.1, -0.05) is 23.5 Å². The summed E-state index contributed by atoms with van der Waals surface area (Å²) >= 11 is 1.21. The molecular weight excluding hydrogens is 446 g/mol. The van der Waals surface area contributed by atoms with E-state index < -0.39 is 9.84 Å². The van der Waals surface area contributed by atoms with Crippen LogP contribution in [0.15, 0.2) is 64.1 Å². The van der Waals surface area contributed by atoms with E-state index in [1.165, 1.54) is 17.5 Å². The summed E-state index contributed by atoms with van der Waals surface area (Å²) in [7, 11) is -3.62. The van der Waals surface area contributed by atoms with Crippen molar-refractivity contribution in [3.8, 4) is 0 Å². The predicted molar refractivity (Wildman–Crippen MR) is 123 cm³/mol. The monoisotopic (exact) mass is 467 g/mol. The second-order valence-corrected chi connectivity index (χ2v) is 10.8. The van der Waals surface area contributed by atoms with E-state index in [9.17, 15) is 13.2 Å². The Morgan fingerprint density at radius 2 is 1.91 bits per heavy atom. The van der Waals surface area contributed by atoms with Crippen LogP contribution in [0.4, 0.5) is 5.13 Å². The molecule has 1 aliphatic heterocycles. The Bertz CT molecular complexity index is 1340. The van der Waals surface area contributed by atoms with Gasteiger partial charge in [-0.05, 0) is 42.7 Å². The van der Waals surface area contributed by atoms with Crippen LogP contribution in [0.5, 0.6) is 0 Å². The van der Waals surface area contributed by atoms with Crippen molar-refractivity contribution in [3.63, 3.8) is 0 Å². The second kappa shape index (κ2) is 8.36. The number of nitrogens with one attached hydrogen (secondary N) is 2. The highest BCUT2D eigenvalue weighted by Gasteiger charge is 2.23. The largest absolute Gasteiger partial charge is 0.350 e. The zero-order chi connectivity index (χ0) is 22.1. The van der Waals surface area contributed by atoms with Crippen LogP contribution in [0.1, 0.15) is 28.9 Å². The molecule has 2 N–H and O–H groups in total. The maximum atomic E-state index is 13.0. The molecule has 8 nitrogen and oxygen atoms in total. The zero-order valence-electron chi connectivity index (χ0n) is 17.1. The topological polar surface area (TPSA) is 108 Å². The van der Waals surface area contributed by atoms with Crippen molar-refractivity contribution in [1.82, 2.24) is 20.3 Å². The van der Waals surface area contributed by atoms with E-state index in [4.69, 9.17) is 0 Å². The molecule has 0 saturated carbocycles. The second-order valence-electron chi connectivity index (χ2n) is 7.63. The minimum Gasteiger partial charge on any atom is -0.350 e. The molecule has 32 heavy (non-hydrogen) atoms. The molecule has 4 heterocycles. The third-order valence-corrected chi connectivity index (χ3v) is 8.76. The van der Waals surface area contributed by atoms with E-state index in [0.29, 0.717) is 5.69 Å². The Labute approximate surface area is 189 Å². The number of hydrogen-bond donors (Lipinski definition) is 2. The van der Waals surface area contributed by atoms with Crippen molar-refractivity contribution in [2.24, 2.45) is 0 Å². The number of H-pyrrole nitrogens is 1. The lowest BCUT2D eigenvalue weighted by Gasteiger charge is -2.12. The standard InChI is InChI=1S/C22H21N5O3S2/c28-21(19-11-16-13-23-8-7-18(16)26-19)24-12-15-3-5-17(6-4-15)32(29,30)20-14-25-22(31-20)27-9-1-2-10-27/h3-8,11,13-14,26H,1-2,9-10,12H2,(H,24,28). The van der Waals surface area contributed by atoms with Gasteiger partial charge in [0.05, 0.1) is 11.1 Å². The van der Waals surface area contributed by atoms with Gasteiger partial charge in [0, 0.05) is 42.9 Å². The molecule has 4 aromatic rings. The first-order valence-electron chi connectivity index (χ1n) is 10.3. The number of pyridine rings is 1. The summed E-state index contributed by atoms with van der Waals surface area (Å²) < 4.78 is 26.2. The number of benzene rings is 1. The molecule has 0 atom stereocenters. The number of aromatic amines is 1. The average molecular weight is 468 g/mol. The van der Waals surface area contributed by atoms with Gasteiger partial charge < -0.3 is 15.2 Å². The summed E-state index contributed by atoms with van der Waals surface area (Å²) in [6.45, 7) is 2.12. The molecule has 164 valence electrons. The summed E-state index contributed by atoms with van der Waals surface area (Å²) in [5.74, 6) is -0.239. The summed E-state index contributed by atoms with van der Waals surface area (Å²) in [6.07, 6.45) is 7.01. The number of anilines is 1. The van der Waals surface area contributed by atoms with E-state index in [1.807, 2.05) is 6.07 Å². The van der Waals surface area contributed by atoms with Crippen molar-refractivity contribution < 1.29 is 13.2 Å². The van der Waals surface area contributed by atoms with Gasteiger partial charge in [-0.3, -0.25) is 9.78 Å². The van der Waals surface area contributed by atoms with E-state index in [2.05, 4.69) is 25.2 Å². The Morgan fingerprint density at radius 1 is 1.12 bits per heavy atom. The Hall–Kier alpha value is -3.24. The quantitative estimate of drug-likeness (QED) is 0.450. The number of amides is 1. The van der Waals surface area contributed by atoms with Crippen LogP contribution in [0.2, 0.25) is 0 Å². The maximum absolute atomic E-state index is 13.0. The van der Waals surface area contributed by atoms with Gasteiger partial charge in [-0.2, -0.15) is 0 Å². The van der Waals surface area contributed by atoms with Gasteiger partial charge in [-0.15, -0.1) is 0 Å². The fourth-order valence-corrected chi connectivity index (χ4v) is 6.28. The van der Waals surface area contributed by atoms with Crippen LogP contribution in [-0.4, -0.2) is 42.4 Å². The molecule has 1 saturated heterocycles. The van der Waals surface area contributed by atoms with Crippen LogP contribution in [0.25, 0.3) is 10.9 Å². The summed E-state index contributed by atoms with van der Waals surface area (Å²) in [5.41, 5.74) is 2.10. The van der Waals surface area contributed by atoms with Gasteiger partial charge >= 0.3 is 0 Å². The van der Waals surface area contributed by atoms with Crippen molar-refractivity contribution in [2.75, 3.05) is 18.0 Å². The third-order valence-electron chi connectivity index (χ3n) is 5.47. The van der Waals surface area contributed by atoms with Crippen LogP contribution < -0.4 is 10.2 Å². The number of aromatic nitrogens is 3. The first-order chi connectivity index (χ1) is 15.5. The highest BCUT2D eigenvalue weighted by atomic mass is 32.2. The SMILES string of the molecule is O=C(NCc1ccc(S(=O)(=O)c2cnc(N3CCCC3)s2)cc1)c1cc2cnccc2[nH]1. The molecule has 0 unspecified atom stereocenters. The van der Waals surface area contributed by atoms with Crippen LogP contribution in [0.3, 0.4) is 0 Å². The molecule has 1 aliphatic rings. The van der Waals surface area contributed by atoms with E-state index in [1.54, 1.807) is 42.7 Å². The predicted octanol–water partition coefficient (Wildman–Crippen LogP) is 3.38. The number of fused-ring (bicyclic) bond motifs is 1. The van der Waals surface area contributed by atoms with Crippen molar-refractivity contribution in [2.45, 2.75) is 28.5 Å². The van der Waals surface area contributed by atoms with Crippen LogP contribution >= 0.6 is 11.3 Å². The minimum absolute atomic E-state index is 0.215. The fourth-order valence-electron chi connectivity index (χ4n) is 3.70. The minimum atomic E-state index is -3.62. The highest BCUT2D eigenvalue weighted by molar-refractivity contribution is 7.93. The first-order valence-corrected chi connectivity index (χ1v) is 12.6. The first kappa shape index (κ1) is 20.7. The molecule has 10 heteroatoms. The molecule has 0 spiro atoms. The highest BCUT2D eigenvalue weighted by Crippen LogP contribution is 2.32. The Kier molecular flexibility index (Phi) is 5.40. The van der Waals surface area contributed by atoms with E-state index >= 15 is 0 Å². The average Bonchev–Trinajstić information content (AvgIpc) is 3.57. The summed E-state index contributed by atoms with van der Waals surface area (Å²) in [6, 6.07) is 10.1. The van der Waals surface area contributed by atoms with Gasteiger partial charge in [0.2, 0.25) is 9.84 Å². The lowest BCUT2D eigenvalue weighted by Crippen LogP contribution is -2.23. The molecule has 5 rings (SSSR count). The molecule has 1 fully saturated rings. The number of sulfone groups is 1. The van der Waals surface area contributed by atoms with Gasteiger partial charge in [0.15, 0.2) is 5.13 Å². The summed E-state index contributed by atoms with van der Waals surface area (Å²) in [5, 5.41) is 4.47. The van der Waals surface area contributed by atoms with Crippen LogP contribution in [-0.2, 0) is 16.4 Å². The van der Waals surface area contributed by atoms with Gasteiger partial charge in [0.1, 0.15) is 9.90 Å². The molecule has 3 aromatic heterocycles.